The maximum atomic E-state index is 12.5. The standard InChI is InChI=1S/C19H22N2O4S/c1-25-13-17-6-4-3-5-16(17)12-20-19(22)15-7-8-18-14(11-15)9-10-21(18)26(2,23)24/h3-8,11H,9-10,12-13H2,1-2H3,(H,20,22). The van der Waals surface area contributed by atoms with Crippen molar-refractivity contribution >= 4 is 21.6 Å². The van der Waals surface area contributed by atoms with E-state index in [0.29, 0.717) is 37.4 Å². The number of carbonyl (C=O) groups is 1. The van der Waals surface area contributed by atoms with E-state index < -0.39 is 10.0 Å². The molecule has 2 aromatic carbocycles. The Hall–Kier alpha value is -2.38. The molecule has 0 atom stereocenters. The van der Waals surface area contributed by atoms with Crippen LogP contribution in [-0.4, -0.2) is 34.2 Å². The van der Waals surface area contributed by atoms with Crippen molar-refractivity contribution in [3.8, 4) is 0 Å². The molecule has 26 heavy (non-hydrogen) atoms. The summed E-state index contributed by atoms with van der Waals surface area (Å²) in [6, 6.07) is 12.9. The second-order valence-electron chi connectivity index (χ2n) is 6.31. The molecule has 0 spiro atoms. The lowest BCUT2D eigenvalue weighted by molar-refractivity contribution is 0.0950. The highest BCUT2D eigenvalue weighted by molar-refractivity contribution is 7.92. The molecule has 3 rings (SSSR count). The number of fused-ring (bicyclic) bond motifs is 1. The first-order valence-corrected chi connectivity index (χ1v) is 10.2. The zero-order valence-electron chi connectivity index (χ0n) is 14.9. The summed E-state index contributed by atoms with van der Waals surface area (Å²) in [6.07, 6.45) is 1.81. The van der Waals surface area contributed by atoms with Crippen LogP contribution in [0.4, 0.5) is 5.69 Å². The van der Waals surface area contributed by atoms with Crippen LogP contribution in [0.3, 0.4) is 0 Å². The van der Waals surface area contributed by atoms with Crippen molar-refractivity contribution in [3.05, 3.63) is 64.7 Å². The van der Waals surface area contributed by atoms with E-state index in [1.807, 2.05) is 24.3 Å². The summed E-state index contributed by atoms with van der Waals surface area (Å²) in [4.78, 5) is 12.5. The van der Waals surface area contributed by atoms with Gasteiger partial charge >= 0.3 is 0 Å². The van der Waals surface area contributed by atoms with E-state index in [1.54, 1.807) is 25.3 Å². The maximum absolute atomic E-state index is 12.5. The average Bonchev–Trinajstić information content (AvgIpc) is 3.04. The molecule has 1 heterocycles. The molecular weight excluding hydrogens is 352 g/mol. The molecule has 0 radical (unpaired) electrons. The molecule has 0 aliphatic carbocycles. The number of hydrogen-bond donors (Lipinski definition) is 1. The van der Waals surface area contributed by atoms with Gasteiger partial charge in [-0.15, -0.1) is 0 Å². The Labute approximate surface area is 153 Å². The first-order valence-electron chi connectivity index (χ1n) is 8.34. The third-order valence-electron chi connectivity index (χ3n) is 4.45. The Morgan fingerprint density at radius 2 is 1.92 bits per heavy atom. The minimum absolute atomic E-state index is 0.183. The summed E-state index contributed by atoms with van der Waals surface area (Å²) in [7, 11) is -1.65. The van der Waals surface area contributed by atoms with Gasteiger partial charge in [0.25, 0.3) is 5.91 Å². The van der Waals surface area contributed by atoms with E-state index in [1.165, 1.54) is 10.6 Å². The van der Waals surface area contributed by atoms with Gasteiger partial charge in [0.15, 0.2) is 0 Å². The minimum atomic E-state index is -3.28. The highest BCUT2D eigenvalue weighted by Gasteiger charge is 2.26. The molecule has 1 N–H and O–H groups in total. The average molecular weight is 374 g/mol. The van der Waals surface area contributed by atoms with E-state index in [9.17, 15) is 13.2 Å². The third-order valence-corrected chi connectivity index (χ3v) is 5.63. The van der Waals surface area contributed by atoms with Crippen LogP contribution in [-0.2, 0) is 34.3 Å². The van der Waals surface area contributed by atoms with Crippen LogP contribution in [0.2, 0.25) is 0 Å². The second kappa shape index (κ2) is 7.47. The fraction of sp³-hybridized carbons (Fsp3) is 0.316. The first kappa shape index (κ1) is 18.4. The minimum Gasteiger partial charge on any atom is -0.380 e. The van der Waals surface area contributed by atoms with Gasteiger partial charge in [-0.1, -0.05) is 24.3 Å². The highest BCUT2D eigenvalue weighted by atomic mass is 32.2. The largest absolute Gasteiger partial charge is 0.380 e. The number of benzene rings is 2. The maximum Gasteiger partial charge on any atom is 0.251 e. The smallest absolute Gasteiger partial charge is 0.251 e. The van der Waals surface area contributed by atoms with Crippen molar-refractivity contribution in [2.24, 2.45) is 0 Å². The number of anilines is 1. The molecule has 6 nitrogen and oxygen atoms in total. The van der Waals surface area contributed by atoms with Crippen molar-refractivity contribution in [3.63, 3.8) is 0 Å². The van der Waals surface area contributed by atoms with Crippen LogP contribution >= 0.6 is 0 Å². The molecule has 2 aromatic rings. The Balaban J connectivity index is 1.72. The number of nitrogens with zero attached hydrogens (tertiary/aromatic N) is 1. The van der Waals surface area contributed by atoms with Crippen molar-refractivity contribution in [1.29, 1.82) is 0 Å². The predicted octanol–water partition coefficient (Wildman–Crippen LogP) is 2.09. The molecule has 1 amide bonds. The molecule has 0 saturated heterocycles. The number of methoxy groups -OCH3 is 1. The Kier molecular flexibility index (Phi) is 5.29. The lowest BCUT2D eigenvalue weighted by atomic mass is 10.1. The fourth-order valence-corrected chi connectivity index (χ4v) is 4.12. The number of sulfonamides is 1. The van der Waals surface area contributed by atoms with Crippen LogP contribution < -0.4 is 9.62 Å². The molecule has 0 fully saturated rings. The number of rotatable bonds is 6. The van der Waals surface area contributed by atoms with Crippen molar-refractivity contribution < 1.29 is 17.9 Å². The molecule has 0 aromatic heterocycles. The van der Waals surface area contributed by atoms with Gasteiger partial charge in [-0.05, 0) is 41.3 Å². The summed E-state index contributed by atoms with van der Waals surface area (Å²) >= 11 is 0. The van der Waals surface area contributed by atoms with E-state index in [2.05, 4.69) is 5.32 Å². The number of amides is 1. The van der Waals surface area contributed by atoms with Gasteiger partial charge in [0, 0.05) is 25.8 Å². The molecule has 1 aliphatic heterocycles. The summed E-state index contributed by atoms with van der Waals surface area (Å²) in [5.74, 6) is -0.183. The van der Waals surface area contributed by atoms with Gasteiger partial charge in [-0.2, -0.15) is 0 Å². The SMILES string of the molecule is COCc1ccccc1CNC(=O)c1ccc2c(c1)CCN2S(C)(=O)=O. The van der Waals surface area contributed by atoms with Gasteiger partial charge in [-0.25, -0.2) is 8.42 Å². The molecular formula is C19H22N2O4S. The van der Waals surface area contributed by atoms with Gasteiger partial charge in [-0.3, -0.25) is 9.10 Å². The number of carbonyl (C=O) groups excluding carboxylic acids is 1. The number of hydrogen-bond acceptors (Lipinski definition) is 4. The summed E-state index contributed by atoms with van der Waals surface area (Å²) in [5, 5.41) is 2.92. The molecule has 0 bridgehead atoms. The van der Waals surface area contributed by atoms with Crippen LogP contribution in [0.15, 0.2) is 42.5 Å². The molecule has 138 valence electrons. The van der Waals surface area contributed by atoms with Crippen molar-refractivity contribution in [2.45, 2.75) is 19.6 Å². The number of ether oxygens (including phenoxy) is 1. The van der Waals surface area contributed by atoms with Gasteiger partial charge < -0.3 is 10.1 Å². The van der Waals surface area contributed by atoms with E-state index in [4.69, 9.17) is 4.74 Å². The van der Waals surface area contributed by atoms with Crippen molar-refractivity contribution in [1.82, 2.24) is 5.32 Å². The molecule has 7 heteroatoms. The molecule has 0 saturated carbocycles. The first-order chi connectivity index (χ1) is 12.4. The van der Waals surface area contributed by atoms with E-state index in [-0.39, 0.29) is 5.91 Å². The molecule has 1 aliphatic rings. The Morgan fingerprint density at radius 1 is 1.19 bits per heavy atom. The Morgan fingerprint density at radius 3 is 2.62 bits per heavy atom. The monoisotopic (exact) mass is 374 g/mol. The van der Waals surface area contributed by atoms with E-state index >= 15 is 0 Å². The summed E-state index contributed by atoms with van der Waals surface area (Å²) in [5.41, 5.74) is 4.11. The van der Waals surface area contributed by atoms with Crippen LogP contribution in [0, 0.1) is 0 Å². The van der Waals surface area contributed by atoms with Gasteiger partial charge in [0.1, 0.15) is 0 Å². The predicted molar refractivity (Wildman–Crippen MR) is 101 cm³/mol. The van der Waals surface area contributed by atoms with Gasteiger partial charge in [0.2, 0.25) is 10.0 Å². The quantitative estimate of drug-likeness (QED) is 0.840. The lowest BCUT2D eigenvalue weighted by Crippen LogP contribution is -2.27. The van der Waals surface area contributed by atoms with Crippen LogP contribution in [0.25, 0.3) is 0 Å². The lowest BCUT2D eigenvalue weighted by Gasteiger charge is -2.16. The highest BCUT2D eigenvalue weighted by Crippen LogP contribution is 2.30. The third kappa shape index (κ3) is 3.89. The van der Waals surface area contributed by atoms with Gasteiger partial charge in [0.05, 0.1) is 18.6 Å². The normalized spacial score (nSPS) is 13.5. The zero-order valence-corrected chi connectivity index (χ0v) is 15.7. The molecule has 0 unspecified atom stereocenters. The summed E-state index contributed by atoms with van der Waals surface area (Å²) in [6.45, 7) is 1.32. The topological polar surface area (TPSA) is 75.7 Å². The number of nitrogens with one attached hydrogen (secondary N) is 1. The van der Waals surface area contributed by atoms with E-state index in [0.717, 1.165) is 16.7 Å². The second-order valence-corrected chi connectivity index (χ2v) is 8.22. The fourth-order valence-electron chi connectivity index (χ4n) is 3.16. The van der Waals surface area contributed by atoms with Crippen LogP contribution in [0.5, 0.6) is 0 Å². The Bertz CT molecular complexity index is 925. The zero-order chi connectivity index (χ0) is 18.7. The van der Waals surface area contributed by atoms with Crippen molar-refractivity contribution in [2.75, 3.05) is 24.2 Å². The summed E-state index contributed by atoms with van der Waals surface area (Å²) < 4.78 is 30.2. The van der Waals surface area contributed by atoms with Crippen LogP contribution in [0.1, 0.15) is 27.0 Å².